The number of alkyl halides is 3. The second-order valence-electron chi connectivity index (χ2n) is 6.13. The Kier molecular flexibility index (Phi) is 6.96. The van der Waals surface area contributed by atoms with Crippen molar-refractivity contribution in [2.75, 3.05) is 7.05 Å². The van der Waals surface area contributed by atoms with E-state index >= 15 is 0 Å². The third-order valence-electron chi connectivity index (χ3n) is 4.42. The van der Waals surface area contributed by atoms with Crippen LogP contribution in [0.5, 0.6) is 0 Å². The van der Waals surface area contributed by atoms with E-state index in [0.29, 0.717) is 12.5 Å². The van der Waals surface area contributed by atoms with Crippen LogP contribution in [0.15, 0.2) is 52.1 Å². The quantitative estimate of drug-likeness (QED) is 0.385. The number of rotatable bonds is 4. The van der Waals surface area contributed by atoms with Crippen LogP contribution in [0.4, 0.5) is 13.2 Å². The van der Waals surface area contributed by atoms with E-state index in [4.69, 9.17) is 4.42 Å². The lowest BCUT2D eigenvalue weighted by Crippen LogP contribution is -2.48. The fraction of sp³-hybridized carbons (Fsp3) is 0.389. The van der Waals surface area contributed by atoms with Crippen LogP contribution in [-0.2, 0) is 12.7 Å². The summed E-state index contributed by atoms with van der Waals surface area (Å²) in [5.41, 5.74) is 0.345. The summed E-state index contributed by atoms with van der Waals surface area (Å²) in [5.74, 6) is 1.79. The molecule has 0 amide bonds. The number of nitrogens with zero attached hydrogens (tertiary/aromatic N) is 1. The largest absolute Gasteiger partial charge is 0.467 e. The minimum Gasteiger partial charge on any atom is -0.467 e. The van der Waals surface area contributed by atoms with Gasteiger partial charge in [0.25, 0.3) is 0 Å². The molecular weight excluding hydrogens is 458 g/mol. The summed E-state index contributed by atoms with van der Waals surface area (Å²) in [6.45, 7) is 0.543. The lowest BCUT2D eigenvalue weighted by molar-refractivity contribution is -0.137. The number of hydrogen-bond donors (Lipinski definition) is 2. The van der Waals surface area contributed by atoms with Gasteiger partial charge in [-0.25, -0.2) is 0 Å². The maximum absolute atomic E-state index is 12.6. The second kappa shape index (κ2) is 8.79. The molecule has 4 nitrogen and oxygen atoms in total. The molecule has 1 aromatic carbocycles. The van der Waals surface area contributed by atoms with E-state index in [2.05, 4.69) is 15.6 Å². The van der Waals surface area contributed by atoms with E-state index in [1.54, 1.807) is 25.4 Å². The maximum Gasteiger partial charge on any atom is 0.416 e. The van der Waals surface area contributed by atoms with Gasteiger partial charge in [0, 0.05) is 13.1 Å². The summed E-state index contributed by atoms with van der Waals surface area (Å²) in [6, 6.07) is 9.43. The molecule has 0 radical (unpaired) electrons. The Labute approximate surface area is 167 Å². The molecule has 3 rings (SSSR count). The summed E-state index contributed by atoms with van der Waals surface area (Å²) in [4.78, 5) is 4.17. The molecule has 142 valence electrons. The first-order valence-corrected chi connectivity index (χ1v) is 8.12. The molecule has 1 heterocycles. The lowest BCUT2D eigenvalue weighted by atomic mass is 9.76. The monoisotopic (exact) mass is 479 g/mol. The molecule has 2 N–H and O–H groups in total. The predicted octanol–water partition coefficient (Wildman–Crippen LogP) is 4.53. The Hall–Kier alpha value is -1.71. The Morgan fingerprint density at radius 3 is 2.42 bits per heavy atom. The van der Waals surface area contributed by atoms with Gasteiger partial charge < -0.3 is 15.1 Å². The van der Waals surface area contributed by atoms with Crippen LogP contribution < -0.4 is 10.6 Å². The first-order valence-electron chi connectivity index (χ1n) is 8.12. The van der Waals surface area contributed by atoms with Crippen molar-refractivity contribution < 1.29 is 17.6 Å². The molecule has 1 aromatic heterocycles. The van der Waals surface area contributed by atoms with Gasteiger partial charge in [-0.1, -0.05) is 12.1 Å². The van der Waals surface area contributed by atoms with E-state index < -0.39 is 11.7 Å². The summed E-state index contributed by atoms with van der Waals surface area (Å²) in [5, 5.41) is 6.49. The molecule has 1 aliphatic carbocycles. The van der Waals surface area contributed by atoms with E-state index in [0.717, 1.165) is 36.3 Å². The molecule has 8 heteroatoms. The zero-order valence-electron chi connectivity index (χ0n) is 14.2. The van der Waals surface area contributed by atoms with Crippen LogP contribution in [0.25, 0.3) is 0 Å². The minimum absolute atomic E-state index is 0. The first-order chi connectivity index (χ1) is 12.0. The van der Waals surface area contributed by atoms with E-state index in [9.17, 15) is 13.2 Å². The van der Waals surface area contributed by atoms with Gasteiger partial charge in [-0.2, -0.15) is 13.2 Å². The average molecular weight is 479 g/mol. The fourth-order valence-corrected chi connectivity index (χ4v) is 2.92. The third-order valence-corrected chi connectivity index (χ3v) is 4.42. The van der Waals surface area contributed by atoms with Crippen molar-refractivity contribution in [3.63, 3.8) is 0 Å². The number of guanidine groups is 1. The van der Waals surface area contributed by atoms with E-state index in [1.165, 1.54) is 0 Å². The Morgan fingerprint density at radius 1 is 1.19 bits per heavy atom. The summed E-state index contributed by atoms with van der Waals surface area (Å²) in [7, 11) is 1.70. The predicted molar refractivity (Wildman–Crippen MR) is 105 cm³/mol. The van der Waals surface area contributed by atoms with Crippen molar-refractivity contribution in [3.05, 3.63) is 59.5 Å². The number of halogens is 4. The molecule has 0 aliphatic heterocycles. The van der Waals surface area contributed by atoms with Gasteiger partial charge in [0.15, 0.2) is 5.96 Å². The van der Waals surface area contributed by atoms with Crippen LogP contribution in [-0.4, -0.2) is 19.0 Å². The Balaban J connectivity index is 0.00000243. The number of nitrogens with one attached hydrogen (secondary N) is 2. The van der Waals surface area contributed by atoms with Crippen LogP contribution >= 0.6 is 24.0 Å². The summed E-state index contributed by atoms with van der Waals surface area (Å²) >= 11 is 0. The number of furan rings is 1. The molecule has 1 aliphatic rings. The van der Waals surface area contributed by atoms with Crippen LogP contribution in [0.2, 0.25) is 0 Å². The molecule has 0 spiro atoms. The first kappa shape index (κ1) is 20.6. The molecular formula is C18H21F3IN3O. The summed E-state index contributed by atoms with van der Waals surface area (Å²) < 4.78 is 43.1. The van der Waals surface area contributed by atoms with Crippen LogP contribution in [0, 0.1) is 0 Å². The molecule has 1 saturated carbocycles. The zero-order chi connectivity index (χ0) is 17.9. The van der Waals surface area contributed by atoms with Gasteiger partial charge in [0.1, 0.15) is 5.76 Å². The van der Waals surface area contributed by atoms with Gasteiger partial charge >= 0.3 is 6.18 Å². The molecule has 0 saturated heterocycles. The number of hydrogen-bond acceptors (Lipinski definition) is 2. The van der Waals surface area contributed by atoms with Gasteiger partial charge in [-0.15, -0.1) is 24.0 Å². The standard InChI is InChI=1S/C18H20F3N3O.HI/c1-22-17(23-11-16-3-2-8-25-16)24-15-9-13(10-15)12-4-6-14(7-5-12)18(19,20)21;/h2-8,13,15H,9-11H2,1H3,(H2,22,23,24);1H. The normalized spacial score (nSPS) is 20.1. The smallest absolute Gasteiger partial charge is 0.416 e. The van der Waals surface area contributed by atoms with E-state index in [-0.39, 0.29) is 35.9 Å². The van der Waals surface area contributed by atoms with Crippen LogP contribution in [0.1, 0.15) is 35.6 Å². The maximum atomic E-state index is 12.6. The minimum atomic E-state index is -4.28. The average Bonchev–Trinajstić information content (AvgIpc) is 3.06. The molecule has 0 bridgehead atoms. The lowest BCUT2D eigenvalue weighted by Gasteiger charge is -2.37. The van der Waals surface area contributed by atoms with Crippen LogP contribution in [0.3, 0.4) is 0 Å². The van der Waals surface area contributed by atoms with Crippen molar-refractivity contribution in [2.45, 2.75) is 37.5 Å². The zero-order valence-corrected chi connectivity index (χ0v) is 16.5. The SMILES string of the molecule is CN=C(NCc1ccco1)NC1CC(c2ccc(C(F)(F)F)cc2)C1.I. The second-order valence-corrected chi connectivity index (χ2v) is 6.13. The Bertz CT molecular complexity index is 708. The van der Waals surface area contributed by atoms with Crippen molar-refractivity contribution in [3.8, 4) is 0 Å². The van der Waals surface area contributed by atoms with Crippen molar-refractivity contribution in [1.82, 2.24) is 10.6 Å². The van der Waals surface area contributed by atoms with Crippen molar-refractivity contribution in [2.24, 2.45) is 4.99 Å². The van der Waals surface area contributed by atoms with Gasteiger partial charge in [0.2, 0.25) is 0 Å². The van der Waals surface area contributed by atoms with E-state index in [1.807, 2.05) is 12.1 Å². The summed E-state index contributed by atoms with van der Waals surface area (Å²) in [6.07, 6.45) is -0.929. The topological polar surface area (TPSA) is 49.6 Å². The highest BCUT2D eigenvalue weighted by Gasteiger charge is 2.33. The van der Waals surface area contributed by atoms with Gasteiger partial charge in [-0.3, -0.25) is 4.99 Å². The van der Waals surface area contributed by atoms with Crippen molar-refractivity contribution in [1.29, 1.82) is 0 Å². The molecule has 0 atom stereocenters. The molecule has 0 unspecified atom stereocenters. The van der Waals surface area contributed by atoms with Crippen molar-refractivity contribution >= 4 is 29.9 Å². The number of aliphatic imine (C=N–C) groups is 1. The van der Waals surface area contributed by atoms with Gasteiger partial charge in [0.05, 0.1) is 18.4 Å². The highest BCUT2D eigenvalue weighted by Crippen LogP contribution is 2.38. The third kappa shape index (κ3) is 5.15. The molecule has 2 aromatic rings. The Morgan fingerprint density at radius 2 is 1.88 bits per heavy atom. The molecule has 26 heavy (non-hydrogen) atoms. The fourth-order valence-electron chi connectivity index (χ4n) is 2.92. The molecule has 1 fully saturated rings. The van der Waals surface area contributed by atoms with Gasteiger partial charge in [-0.05, 0) is 48.6 Å². The highest BCUT2D eigenvalue weighted by molar-refractivity contribution is 14.0. The number of benzene rings is 1. The highest BCUT2D eigenvalue weighted by atomic mass is 127.